The van der Waals surface area contributed by atoms with Crippen molar-refractivity contribution in [1.29, 1.82) is 0 Å². The second-order valence-corrected chi connectivity index (χ2v) is 8.63. The molecule has 7 heteroatoms. The topological polar surface area (TPSA) is 49.9 Å². The van der Waals surface area contributed by atoms with E-state index in [1.165, 1.54) is 9.80 Å². The number of urea groups is 1. The van der Waals surface area contributed by atoms with Gasteiger partial charge >= 0.3 is 6.03 Å². The molecule has 3 aromatic rings. The molecule has 0 unspecified atom stereocenters. The Balaban J connectivity index is 1.70. The van der Waals surface area contributed by atoms with E-state index in [1.807, 2.05) is 37.3 Å². The van der Waals surface area contributed by atoms with Gasteiger partial charge in [-0.3, -0.25) is 14.6 Å². The number of para-hydroxylation sites is 1. The number of hydrogen-bond acceptors (Lipinski definition) is 3. The van der Waals surface area contributed by atoms with Crippen LogP contribution >= 0.6 is 23.2 Å². The van der Waals surface area contributed by atoms with Crippen molar-refractivity contribution >= 4 is 40.8 Å². The van der Waals surface area contributed by atoms with Crippen molar-refractivity contribution in [2.45, 2.75) is 25.1 Å². The largest absolute Gasteiger partial charge is 0.467 e. The highest BCUT2D eigenvalue weighted by molar-refractivity contribution is 6.34. The van der Waals surface area contributed by atoms with Gasteiger partial charge in [-0.2, -0.15) is 0 Å². The molecule has 5 nitrogen and oxygen atoms in total. The van der Waals surface area contributed by atoms with Crippen LogP contribution in [-0.4, -0.2) is 22.6 Å². The van der Waals surface area contributed by atoms with Gasteiger partial charge in [0.25, 0.3) is 5.91 Å². The molecule has 2 atom stereocenters. The average Bonchev–Trinajstić information content (AvgIpc) is 2.75. The van der Waals surface area contributed by atoms with E-state index < -0.39 is 23.7 Å². The van der Waals surface area contributed by atoms with Crippen molar-refractivity contribution in [1.82, 2.24) is 4.90 Å². The van der Waals surface area contributed by atoms with Crippen LogP contribution in [0.25, 0.3) is 0 Å². The second-order valence-electron chi connectivity index (χ2n) is 7.79. The number of imide groups is 1. The molecule has 0 spiro atoms. The van der Waals surface area contributed by atoms with Crippen LogP contribution in [0.5, 0.6) is 5.75 Å². The van der Waals surface area contributed by atoms with E-state index >= 15 is 0 Å². The van der Waals surface area contributed by atoms with Crippen molar-refractivity contribution in [3.8, 4) is 5.75 Å². The van der Waals surface area contributed by atoms with Gasteiger partial charge in [0.2, 0.25) is 0 Å². The minimum absolute atomic E-state index is 0.268. The fraction of sp³-hybridized carbons (Fsp3) is 0.167. The van der Waals surface area contributed by atoms with Gasteiger partial charge in [0.05, 0.1) is 16.6 Å². The summed E-state index contributed by atoms with van der Waals surface area (Å²) >= 11 is 12.6. The predicted octanol–water partition coefficient (Wildman–Crippen LogP) is 6.32. The number of hydrogen-bond donors (Lipinski definition) is 0. The minimum Gasteiger partial charge on any atom is -0.467 e. The number of anilines is 1. The van der Waals surface area contributed by atoms with Crippen molar-refractivity contribution in [2.75, 3.05) is 4.90 Å². The highest BCUT2D eigenvalue weighted by Gasteiger charge is 2.55. The van der Waals surface area contributed by atoms with Gasteiger partial charge in [0.1, 0.15) is 5.75 Å². The number of amides is 3. The van der Waals surface area contributed by atoms with Gasteiger partial charge < -0.3 is 4.74 Å². The average molecular weight is 453 g/mol. The van der Waals surface area contributed by atoms with Crippen LogP contribution in [0.1, 0.15) is 35.3 Å². The first kappa shape index (κ1) is 19.9. The molecule has 1 fully saturated rings. The number of nitrogens with zero attached hydrogens (tertiary/aromatic N) is 2. The zero-order valence-electron chi connectivity index (χ0n) is 16.6. The molecule has 2 heterocycles. The quantitative estimate of drug-likeness (QED) is 0.457. The molecule has 1 saturated heterocycles. The lowest BCUT2D eigenvalue weighted by molar-refractivity contribution is 0.00269. The Hall–Kier alpha value is -3.02. The molecule has 156 valence electrons. The first-order chi connectivity index (χ1) is 14.9. The first-order valence-electron chi connectivity index (χ1n) is 9.85. The summed E-state index contributed by atoms with van der Waals surface area (Å²) < 4.78 is 6.32. The molecule has 0 aromatic heterocycles. The van der Waals surface area contributed by atoms with Crippen molar-refractivity contribution in [2.24, 2.45) is 0 Å². The van der Waals surface area contributed by atoms with Gasteiger partial charge in [-0.1, -0.05) is 53.5 Å². The van der Waals surface area contributed by atoms with Crippen LogP contribution in [-0.2, 0) is 0 Å². The zero-order valence-corrected chi connectivity index (χ0v) is 18.1. The van der Waals surface area contributed by atoms with Crippen LogP contribution in [0.3, 0.4) is 0 Å². The summed E-state index contributed by atoms with van der Waals surface area (Å²) in [4.78, 5) is 30.3. The van der Waals surface area contributed by atoms with Crippen LogP contribution in [0, 0.1) is 0 Å². The molecule has 2 aliphatic rings. The van der Waals surface area contributed by atoms with Gasteiger partial charge in [0.15, 0.2) is 5.72 Å². The Kier molecular flexibility index (Phi) is 4.68. The predicted molar refractivity (Wildman–Crippen MR) is 120 cm³/mol. The summed E-state index contributed by atoms with van der Waals surface area (Å²) in [6, 6.07) is 20.2. The molecule has 0 saturated carbocycles. The lowest BCUT2D eigenvalue weighted by atomic mass is 9.88. The number of fused-ring (bicyclic) bond motifs is 4. The molecule has 3 amide bonds. The van der Waals surface area contributed by atoms with Crippen molar-refractivity contribution in [3.63, 3.8) is 0 Å². The number of carbonyl (C=O) groups excluding carboxylic acids is 2. The third-order valence-electron chi connectivity index (χ3n) is 5.75. The molecule has 3 aromatic carbocycles. The SMILES string of the molecule is C[C@@]12C[C@@H](c3cc(Cl)ccc3O1)N(C(=O)c1ccccc1Cl)C(=O)N2c1ccccc1. The highest BCUT2D eigenvalue weighted by Crippen LogP contribution is 2.50. The van der Waals surface area contributed by atoms with Crippen molar-refractivity contribution in [3.05, 3.63) is 94.0 Å². The highest BCUT2D eigenvalue weighted by atomic mass is 35.5. The second kappa shape index (κ2) is 7.29. The molecule has 0 radical (unpaired) electrons. The van der Waals surface area contributed by atoms with Crippen LogP contribution in [0.2, 0.25) is 10.0 Å². The number of benzene rings is 3. The summed E-state index contributed by atoms with van der Waals surface area (Å²) in [5, 5.41) is 0.798. The first-order valence-corrected chi connectivity index (χ1v) is 10.6. The summed E-state index contributed by atoms with van der Waals surface area (Å²) in [5.74, 6) is 0.130. The lowest BCUT2D eigenvalue weighted by Gasteiger charge is -2.53. The zero-order chi connectivity index (χ0) is 21.8. The summed E-state index contributed by atoms with van der Waals surface area (Å²) in [6.45, 7) is 1.86. The van der Waals surface area contributed by atoms with E-state index in [0.29, 0.717) is 33.5 Å². The number of ether oxygens (including phenoxy) is 1. The molecule has 0 aliphatic carbocycles. The molecule has 5 rings (SSSR count). The number of halogens is 2. The van der Waals surface area contributed by atoms with Crippen LogP contribution in [0.15, 0.2) is 72.8 Å². The summed E-state index contributed by atoms with van der Waals surface area (Å²) in [7, 11) is 0. The lowest BCUT2D eigenvalue weighted by Crippen LogP contribution is -2.67. The Labute approximate surface area is 189 Å². The van der Waals surface area contributed by atoms with Crippen LogP contribution < -0.4 is 9.64 Å². The van der Waals surface area contributed by atoms with E-state index in [4.69, 9.17) is 27.9 Å². The van der Waals surface area contributed by atoms with Gasteiger partial charge in [-0.05, 0) is 49.4 Å². The summed E-state index contributed by atoms with van der Waals surface area (Å²) in [5.41, 5.74) is 0.639. The van der Waals surface area contributed by atoms with E-state index in [-0.39, 0.29) is 5.56 Å². The van der Waals surface area contributed by atoms with Gasteiger partial charge in [-0.15, -0.1) is 0 Å². The fourth-order valence-electron chi connectivity index (χ4n) is 4.38. The molecule has 0 N–H and O–H groups in total. The van der Waals surface area contributed by atoms with Crippen LogP contribution in [0.4, 0.5) is 10.5 Å². The maximum atomic E-state index is 13.8. The number of rotatable bonds is 2. The van der Waals surface area contributed by atoms with Gasteiger partial charge in [-0.25, -0.2) is 4.79 Å². The fourth-order valence-corrected chi connectivity index (χ4v) is 4.78. The van der Waals surface area contributed by atoms with Gasteiger partial charge in [0, 0.05) is 22.7 Å². The maximum Gasteiger partial charge on any atom is 0.335 e. The van der Waals surface area contributed by atoms with E-state index in [9.17, 15) is 9.59 Å². The third kappa shape index (κ3) is 3.16. The molecule has 2 aliphatic heterocycles. The minimum atomic E-state index is -0.971. The molecule has 2 bridgehead atoms. The monoisotopic (exact) mass is 452 g/mol. The standard InChI is InChI=1S/C24H18Cl2N2O3/c1-24-14-20(18-13-15(25)11-12-21(18)31-24)27(22(29)17-9-5-6-10-19(17)26)23(30)28(24)16-7-3-2-4-8-16/h2-13,20H,14H2,1H3/t20-,24-/m0/s1. The summed E-state index contributed by atoms with van der Waals surface area (Å²) in [6.07, 6.45) is 0.386. The Bertz CT molecular complexity index is 1200. The molecular weight excluding hydrogens is 435 g/mol. The Morgan fingerprint density at radius 1 is 1.03 bits per heavy atom. The Morgan fingerprint density at radius 3 is 2.48 bits per heavy atom. The third-order valence-corrected chi connectivity index (χ3v) is 6.32. The maximum absolute atomic E-state index is 13.8. The number of carbonyl (C=O) groups is 2. The molecule has 31 heavy (non-hydrogen) atoms. The normalized spacial score (nSPS) is 22.0. The Morgan fingerprint density at radius 2 is 1.74 bits per heavy atom. The molecular formula is C24H18Cl2N2O3. The van der Waals surface area contributed by atoms with E-state index in [1.54, 1.807) is 42.5 Å². The smallest absolute Gasteiger partial charge is 0.335 e. The van der Waals surface area contributed by atoms with E-state index in [0.717, 1.165) is 0 Å². The van der Waals surface area contributed by atoms with Crippen molar-refractivity contribution < 1.29 is 14.3 Å². The van der Waals surface area contributed by atoms with E-state index in [2.05, 4.69) is 0 Å².